The van der Waals surface area contributed by atoms with Gasteiger partial charge in [-0.1, -0.05) is 13.8 Å². The topological polar surface area (TPSA) is 105 Å². The molecule has 3 aromatic rings. The highest BCUT2D eigenvalue weighted by Crippen LogP contribution is 2.35. The van der Waals surface area contributed by atoms with Gasteiger partial charge in [0.1, 0.15) is 12.1 Å². The monoisotopic (exact) mass is 489 g/mol. The Morgan fingerprint density at radius 1 is 1.09 bits per heavy atom. The van der Waals surface area contributed by atoms with Gasteiger partial charge in [-0.2, -0.15) is 9.82 Å². The van der Waals surface area contributed by atoms with Crippen LogP contribution in [-0.4, -0.2) is 53.8 Å². The first kappa shape index (κ1) is 25.7. The third-order valence-corrected chi connectivity index (χ3v) is 6.46. The van der Waals surface area contributed by atoms with Crippen molar-refractivity contribution in [3.05, 3.63) is 54.0 Å². The largest absolute Gasteiger partial charge is 0.371 e. The second-order valence-corrected chi connectivity index (χ2v) is 10.7. The SMILES string of the molecule is CC(C)c1cc(F)cc(-c2cncnc2)c1NCNS(=O)(=O)c1cc(CN(C)C)n(C(C)C)n1. The lowest BCUT2D eigenvalue weighted by molar-refractivity contribution is 0.372. The van der Waals surface area contributed by atoms with Crippen molar-refractivity contribution in [3.63, 3.8) is 0 Å². The molecular formula is C23H32FN7O2S. The molecule has 0 saturated heterocycles. The minimum absolute atomic E-state index is 0.00600. The average molecular weight is 490 g/mol. The first-order valence-corrected chi connectivity index (χ1v) is 12.5. The Morgan fingerprint density at radius 2 is 1.76 bits per heavy atom. The van der Waals surface area contributed by atoms with E-state index in [0.29, 0.717) is 23.4 Å². The summed E-state index contributed by atoms with van der Waals surface area (Å²) in [6, 6.07) is 4.44. The van der Waals surface area contributed by atoms with E-state index in [0.717, 1.165) is 11.3 Å². The van der Waals surface area contributed by atoms with Gasteiger partial charge in [0.15, 0.2) is 5.03 Å². The van der Waals surface area contributed by atoms with Gasteiger partial charge in [0.2, 0.25) is 0 Å². The summed E-state index contributed by atoms with van der Waals surface area (Å²) in [7, 11) is -0.0518. The quantitative estimate of drug-likeness (QED) is 0.419. The van der Waals surface area contributed by atoms with Crippen molar-refractivity contribution in [2.75, 3.05) is 26.1 Å². The number of nitrogens with zero attached hydrogens (tertiary/aromatic N) is 5. The van der Waals surface area contributed by atoms with E-state index in [4.69, 9.17) is 0 Å². The zero-order valence-corrected chi connectivity index (χ0v) is 21.2. The summed E-state index contributed by atoms with van der Waals surface area (Å²) >= 11 is 0. The maximum Gasteiger partial charge on any atom is 0.261 e. The lowest BCUT2D eigenvalue weighted by Gasteiger charge is -2.19. The highest BCUT2D eigenvalue weighted by atomic mass is 32.2. The molecule has 2 aromatic heterocycles. The summed E-state index contributed by atoms with van der Waals surface area (Å²) in [6.07, 6.45) is 4.58. The molecule has 9 nitrogen and oxygen atoms in total. The predicted molar refractivity (Wildman–Crippen MR) is 130 cm³/mol. The summed E-state index contributed by atoms with van der Waals surface area (Å²) in [5.74, 6) is -0.394. The number of benzene rings is 1. The molecule has 0 aliphatic rings. The van der Waals surface area contributed by atoms with Gasteiger partial charge in [-0.05, 0) is 51.6 Å². The lowest BCUT2D eigenvalue weighted by atomic mass is 9.95. The molecule has 2 heterocycles. The first-order chi connectivity index (χ1) is 16.0. The molecule has 0 amide bonds. The summed E-state index contributed by atoms with van der Waals surface area (Å²) in [5, 5.41) is 7.42. The number of rotatable bonds is 10. The normalized spacial score (nSPS) is 12.2. The number of anilines is 1. The van der Waals surface area contributed by atoms with E-state index in [9.17, 15) is 12.8 Å². The van der Waals surface area contributed by atoms with Crippen LogP contribution < -0.4 is 10.0 Å². The molecule has 0 radical (unpaired) electrons. The average Bonchev–Trinajstić information content (AvgIpc) is 3.19. The molecule has 11 heteroatoms. The highest BCUT2D eigenvalue weighted by Gasteiger charge is 2.22. The van der Waals surface area contributed by atoms with Gasteiger partial charge in [0.05, 0.1) is 12.4 Å². The molecule has 0 aliphatic carbocycles. The van der Waals surface area contributed by atoms with Crippen LogP contribution in [0.5, 0.6) is 0 Å². The van der Waals surface area contributed by atoms with Gasteiger partial charge in [-0.15, -0.1) is 0 Å². The van der Waals surface area contributed by atoms with E-state index in [2.05, 4.69) is 25.1 Å². The Hall–Kier alpha value is -2.89. The summed E-state index contributed by atoms with van der Waals surface area (Å²) in [5.41, 5.74) is 3.32. The number of hydrogen-bond donors (Lipinski definition) is 2. The zero-order valence-electron chi connectivity index (χ0n) is 20.4. The van der Waals surface area contributed by atoms with Crippen molar-refractivity contribution in [1.82, 2.24) is 29.4 Å². The van der Waals surface area contributed by atoms with Crippen molar-refractivity contribution in [2.45, 2.75) is 51.2 Å². The molecule has 0 saturated carbocycles. The molecule has 2 N–H and O–H groups in total. The third-order valence-electron chi connectivity index (χ3n) is 5.19. The molecule has 3 rings (SSSR count). The number of hydrogen-bond acceptors (Lipinski definition) is 7. The second kappa shape index (κ2) is 10.6. The van der Waals surface area contributed by atoms with Gasteiger partial charge in [0.25, 0.3) is 10.0 Å². The van der Waals surface area contributed by atoms with E-state index in [1.54, 1.807) is 23.1 Å². The van der Waals surface area contributed by atoms with Gasteiger partial charge < -0.3 is 10.2 Å². The van der Waals surface area contributed by atoms with Crippen LogP contribution in [-0.2, 0) is 16.6 Å². The van der Waals surface area contributed by atoms with Crippen LogP contribution in [0.3, 0.4) is 0 Å². The molecule has 0 spiro atoms. The fraction of sp³-hybridized carbons (Fsp3) is 0.435. The minimum Gasteiger partial charge on any atom is -0.371 e. The smallest absolute Gasteiger partial charge is 0.261 e. The molecule has 0 aliphatic heterocycles. The summed E-state index contributed by atoms with van der Waals surface area (Å²) in [4.78, 5) is 10.0. The van der Waals surface area contributed by atoms with Crippen molar-refractivity contribution in [1.29, 1.82) is 0 Å². The Bertz CT molecular complexity index is 1230. The fourth-order valence-electron chi connectivity index (χ4n) is 3.67. The maximum atomic E-state index is 14.4. The molecule has 0 unspecified atom stereocenters. The molecule has 0 bridgehead atoms. The molecule has 34 heavy (non-hydrogen) atoms. The van der Waals surface area contributed by atoms with Crippen molar-refractivity contribution >= 4 is 15.7 Å². The Kier molecular flexibility index (Phi) is 8.01. The Labute approximate surface area is 200 Å². The maximum absolute atomic E-state index is 14.4. The fourth-order valence-corrected chi connectivity index (χ4v) is 4.57. The minimum atomic E-state index is -3.88. The molecule has 0 fully saturated rings. The number of nitrogens with one attached hydrogen (secondary N) is 2. The molecule has 1 aromatic carbocycles. The molecule has 184 valence electrons. The number of halogens is 1. The zero-order chi connectivity index (χ0) is 25.0. The van der Waals surface area contributed by atoms with Crippen LogP contribution in [0.15, 0.2) is 41.9 Å². The Morgan fingerprint density at radius 3 is 2.35 bits per heavy atom. The second-order valence-electron chi connectivity index (χ2n) is 8.95. The van der Waals surface area contributed by atoms with Crippen LogP contribution in [0.4, 0.5) is 10.1 Å². The summed E-state index contributed by atoms with van der Waals surface area (Å²) < 4.78 is 44.7. The van der Waals surface area contributed by atoms with Crippen molar-refractivity contribution in [3.8, 4) is 11.1 Å². The van der Waals surface area contributed by atoms with Crippen LogP contribution in [0, 0.1) is 5.82 Å². The van der Waals surface area contributed by atoms with Gasteiger partial charge in [0, 0.05) is 47.9 Å². The van der Waals surface area contributed by atoms with Crippen molar-refractivity contribution in [2.24, 2.45) is 0 Å². The van der Waals surface area contributed by atoms with Gasteiger partial charge >= 0.3 is 0 Å². The third kappa shape index (κ3) is 5.96. The lowest BCUT2D eigenvalue weighted by Crippen LogP contribution is -2.30. The predicted octanol–water partition coefficient (Wildman–Crippen LogP) is 3.59. The van der Waals surface area contributed by atoms with E-state index in [1.807, 2.05) is 46.7 Å². The molecular weight excluding hydrogens is 457 g/mol. The van der Waals surface area contributed by atoms with Crippen LogP contribution in [0.2, 0.25) is 0 Å². The van der Waals surface area contributed by atoms with E-state index in [-0.39, 0.29) is 29.5 Å². The van der Waals surface area contributed by atoms with Crippen LogP contribution in [0.25, 0.3) is 11.1 Å². The van der Waals surface area contributed by atoms with Gasteiger partial charge in [-0.25, -0.2) is 22.8 Å². The van der Waals surface area contributed by atoms with Gasteiger partial charge in [-0.3, -0.25) is 4.68 Å². The van der Waals surface area contributed by atoms with E-state index >= 15 is 0 Å². The van der Waals surface area contributed by atoms with E-state index in [1.165, 1.54) is 18.5 Å². The molecule has 0 atom stereocenters. The first-order valence-electron chi connectivity index (χ1n) is 11.0. The Balaban J connectivity index is 1.88. The standard InChI is InChI=1S/C23H32FN7O2S/c1-15(2)20-7-18(24)8-21(17-10-25-13-26-11-17)23(20)27-14-28-34(32,33)22-9-19(12-30(5)6)31(29-22)16(3)4/h7-11,13,15-16,27-28H,12,14H2,1-6H3. The van der Waals surface area contributed by atoms with Crippen LogP contribution in [0.1, 0.15) is 50.9 Å². The summed E-state index contributed by atoms with van der Waals surface area (Å²) in [6.45, 7) is 8.25. The highest BCUT2D eigenvalue weighted by molar-refractivity contribution is 7.89. The van der Waals surface area contributed by atoms with Crippen LogP contribution >= 0.6 is 0 Å². The van der Waals surface area contributed by atoms with E-state index < -0.39 is 10.0 Å². The number of sulfonamides is 1. The van der Waals surface area contributed by atoms with Crippen molar-refractivity contribution < 1.29 is 12.8 Å². The number of aromatic nitrogens is 4.